The molecule has 1 aromatic heterocycles. The van der Waals surface area contributed by atoms with Gasteiger partial charge in [0, 0.05) is 31.5 Å². The fraction of sp³-hybridized carbons (Fsp3) is 0.368. The molecule has 1 aromatic carbocycles. The number of pyridine rings is 1. The minimum Gasteiger partial charge on any atom is -0.338 e. The molecule has 1 amide bonds. The number of benzene rings is 1. The molecule has 0 bridgehead atoms. The second-order valence-corrected chi connectivity index (χ2v) is 8.26. The number of aromatic nitrogens is 1. The third-order valence-electron chi connectivity index (χ3n) is 4.79. The Morgan fingerprint density at radius 2 is 1.89 bits per heavy atom. The first-order valence-corrected chi connectivity index (χ1v) is 10.5. The number of piperidine rings is 1. The van der Waals surface area contributed by atoms with E-state index >= 15 is 0 Å². The molecule has 1 aliphatic rings. The Morgan fingerprint density at radius 3 is 2.48 bits per heavy atom. The molecule has 2 aromatic rings. The molecule has 0 spiro atoms. The van der Waals surface area contributed by atoms with E-state index in [0.717, 1.165) is 44.5 Å². The predicted molar refractivity (Wildman–Crippen MR) is 103 cm³/mol. The van der Waals surface area contributed by atoms with Gasteiger partial charge in [0.2, 0.25) is 10.0 Å². The van der Waals surface area contributed by atoms with Crippen LogP contribution in [0, 0.1) is 0 Å². The lowest BCUT2D eigenvalue weighted by atomic mass is 10.0. The maximum absolute atomic E-state index is 12.4. The molecule has 7 nitrogen and oxygen atoms in total. The van der Waals surface area contributed by atoms with Crippen LogP contribution in [0.25, 0.3) is 0 Å². The van der Waals surface area contributed by atoms with Crippen LogP contribution in [0.15, 0.2) is 53.7 Å². The molecule has 1 fully saturated rings. The van der Waals surface area contributed by atoms with Gasteiger partial charge in [-0.1, -0.05) is 12.1 Å². The SMILES string of the molecule is NS(=O)(=O)c1ccc(CCNC2CCN(C(=O)c3cccnc3)CC2)cc1. The van der Waals surface area contributed by atoms with E-state index < -0.39 is 10.0 Å². The summed E-state index contributed by atoms with van der Waals surface area (Å²) in [7, 11) is -3.64. The average molecular weight is 388 g/mol. The summed E-state index contributed by atoms with van der Waals surface area (Å²) in [6.45, 7) is 2.26. The lowest BCUT2D eigenvalue weighted by molar-refractivity contribution is 0.0705. The molecule has 0 atom stereocenters. The van der Waals surface area contributed by atoms with Gasteiger partial charge < -0.3 is 10.2 Å². The number of nitrogens with zero attached hydrogens (tertiary/aromatic N) is 2. The predicted octanol–water partition coefficient (Wildman–Crippen LogP) is 1.17. The lowest BCUT2D eigenvalue weighted by Gasteiger charge is -2.32. The number of primary sulfonamides is 1. The summed E-state index contributed by atoms with van der Waals surface area (Å²) in [6.07, 6.45) is 5.90. The van der Waals surface area contributed by atoms with Crippen molar-refractivity contribution in [2.24, 2.45) is 5.14 Å². The van der Waals surface area contributed by atoms with Crippen LogP contribution < -0.4 is 10.5 Å². The number of nitrogens with one attached hydrogen (secondary N) is 1. The van der Waals surface area contributed by atoms with Gasteiger partial charge in [-0.2, -0.15) is 0 Å². The molecule has 0 aliphatic carbocycles. The number of sulfonamides is 1. The van der Waals surface area contributed by atoms with Crippen LogP contribution in [0.4, 0.5) is 0 Å². The summed E-state index contributed by atoms with van der Waals surface area (Å²) in [5.41, 5.74) is 1.69. The number of hydrogen-bond donors (Lipinski definition) is 2. The zero-order valence-corrected chi connectivity index (χ0v) is 15.9. The zero-order chi connectivity index (χ0) is 19.3. The molecule has 0 saturated carbocycles. The Kier molecular flexibility index (Phi) is 6.20. The van der Waals surface area contributed by atoms with E-state index in [9.17, 15) is 13.2 Å². The van der Waals surface area contributed by atoms with E-state index in [1.54, 1.807) is 36.7 Å². The maximum Gasteiger partial charge on any atom is 0.255 e. The van der Waals surface area contributed by atoms with Gasteiger partial charge in [0.25, 0.3) is 5.91 Å². The Balaban J connectivity index is 1.41. The van der Waals surface area contributed by atoms with E-state index in [1.165, 1.54) is 12.1 Å². The fourth-order valence-electron chi connectivity index (χ4n) is 3.22. The highest BCUT2D eigenvalue weighted by Crippen LogP contribution is 2.14. The van der Waals surface area contributed by atoms with Crippen molar-refractivity contribution in [3.05, 3.63) is 59.9 Å². The number of likely N-dealkylation sites (tertiary alicyclic amines) is 1. The van der Waals surface area contributed by atoms with Crippen molar-refractivity contribution in [3.8, 4) is 0 Å². The quantitative estimate of drug-likeness (QED) is 0.773. The molecule has 3 rings (SSSR count). The Hall–Kier alpha value is -2.29. The Morgan fingerprint density at radius 1 is 1.19 bits per heavy atom. The van der Waals surface area contributed by atoms with E-state index in [2.05, 4.69) is 10.3 Å². The van der Waals surface area contributed by atoms with Gasteiger partial charge in [-0.25, -0.2) is 13.6 Å². The standard InChI is InChI=1S/C19H24N4O3S/c20-27(25,26)18-5-3-15(4-6-18)7-11-22-17-8-12-23(13-9-17)19(24)16-2-1-10-21-14-16/h1-6,10,14,17,22H,7-9,11-13H2,(H2,20,25,26). The van der Waals surface area contributed by atoms with Crippen molar-refractivity contribution in [1.82, 2.24) is 15.2 Å². The maximum atomic E-state index is 12.4. The third kappa shape index (κ3) is 5.35. The summed E-state index contributed by atoms with van der Waals surface area (Å²) in [4.78, 5) is 18.4. The molecule has 144 valence electrons. The monoisotopic (exact) mass is 388 g/mol. The molecule has 0 radical (unpaired) electrons. The molecular weight excluding hydrogens is 364 g/mol. The number of hydrogen-bond acceptors (Lipinski definition) is 5. The molecule has 1 saturated heterocycles. The van der Waals surface area contributed by atoms with Crippen LogP contribution in [0.1, 0.15) is 28.8 Å². The number of nitrogens with two attached hydrogens (primary N) is 1. The number of rotatable bonds is 6. The van der Waals surface area contributed by atoms with Gasteiger partial charge in [-0.05, 0) is 55.6 Å². The van der Waals surface area contributed by atoms with Gasteiger partial charge in [-0.15, -0.1) is 0 Å². The molecule has 0 unspecified atom stereocenters. The van der Waals surface area contributed by atoms with Crippen LogP contribution in [-0.2, 0) is 16.4 Å². The van der Waals surface area contributed by atoms with Crippen LogP contribution in [0.3, 0.4) is 0 Å². The molecule has 8 heteroatoms. The first kappa shape index (κ1) is 19.5. The first-order valence-electron chi connectivity index (χ1n) is 8.98. The minimum absolute atomic E-state index is 0.0384. The lowest BCUT2D eigenvalue weighted by Crippen LogP contribution is -2.45. The third-order valence-corrected chi connectivity index (χ3v) is 5.72. The van der Waals surface area contributed by atoms with Gasteiger partial charge in [0.15, 0.2) is 0 Å². The van der Waals surface area contributed by atoms with Crippen molar-refractivity contribution < 1.29 is 13.2 Å². The van der Waals surface area contributed by atoms with Gasteiger partial charge in [-0.3, -0.25) is 9.78 Å². The second-order valence-electron chi connectivity index (χ2n) is 6.70. The first-order chi connectivity index (χ1) is 12.9. The van der Waals surface area contributed by atoms with Crippen LogP contribution in [-0.4, -0.2) is 49.9 Å². The molecular formula is C19H24N4O3S. The summed E-state index contributed by atoms with van der Waals surface area (Å²) in [5.74, 6) is 0.0384. The smallest absolute Gasteiger partial charge is 0.255 e. The van der Waals surface area contributed by atoms with Crippen molar-refractivity contribution >= 4 is 15.9 Å². The van der Waals surface area contributed by atoms with E-state index in [0.29, 0.717) is 11.6 Å². The van der Waals surface area contributed by atoms with Gasteiger partial charge in [0.05, 0.1) is 10.5 Å². The highest BCUT2D eigenvalue weighted by Gasteiger charge is 2.23. The van der Waals surface area contributed by atoms with E-state index in [-0.39, 0.29) is 10.8 Å². The second kappa shape index (κ2) is 8.60. The fourth-order valence-corrected chi connectivity index (χ4v) is 3.74. The number of carbonyl (C=O) groups excluding carboxylic acids is 1. The van der Waals surface area contributed by atoms with Crippen molar-refractivity contribution in [2.45, 2.75) is 30.2 Å². The summed E-state index contributed by atoms with van der Waals surface area (Å²) < 4.78 is 22.5. The summed E-state index contributed by atoms with van der Waals surface area (Å²) in [5, 5.41) is 8.62. The van der Waals surface area contributed by atoms with Crippen molar-refractivity contribution in [2.75, 3.05) is 19.6 Å². The summed E-state index contributed by atoms with van der Waals surface area (Å²) >= 11 is 0. The van der Waals surface area contributed by atoms with E-state index in [1.807, 2.05) is 4.90 Å². The number of carbonyl (C=O) groups is 1. The minimum atomic E-state index is -3.64. The highest BCUT2D eigenvalue weighted by atomic mass is 32.2. The molecule has 1 aliphatic heterocycles. The zero-order valence-electron chi connectivity index (χ0n) is 15.0. The van der Waals surface area contributed by atoms with Crippen LogP contribution >= 0.6 is 0 Å². The normalized spacial score (nSPS) is 15.7. The number of amides is 1. The Bertz CT molecular complexity index is 862. The average Bonchev–Trinajstić information content (AvgIpc) is 2.68. The van der Waals surface area contributed by atoms with Crippen LogP contribution in [0.5, 0.6) is 0 Å². The molecule has 2 heterocycles. The van der Waals surface area contributed by atoms with Gasteiger partial charge >= 0.3 is 0 Å². The topological polar surface area (TPSA) is 105 Å². The summed E-state index contributed by atoms with van der Waals surface area (Å²) in [6, 6.07) is 10.6. The molecule has 27 heavy (non-hydrogen) atoms. The Labute approximate surface area is 159 Å². The highest BCUT2D eigenvalue weighted by molar-refractivity contribution is 7.89. The van der Waals surface area contributed by atoms with Gasteiger partial charge in [0.1, 0.15) is 0 Å². The van der Waals surface area contributed by atoms with Crippen molar-refractivity contribution in [3.63, 3.8) is 0 Å². The van der Waals surface area contributed by atoms with Crippen LogP contribution in [0.2, 0.25) is 0 Å². The van der Waals surface area contributed by atoms with E-state index in [4.69, 9.17) is 5.14 Å². The van der Waals surface area contributed by atoms with Crippen molar-refractivity contribution in [1.29, 1.82) is 0 Å². The molecule has 3 N–H and O–H groups in total. The largest absolute Gasteiger partial charge is 0.338 e.